The van der Waals surface area contributed by atoms with Crippen LogP contribution in [-0.4, -0.2) is 15.7 Å². The molecule has 0 aliphatic heterocycles. The van der Waals surface area contributed by atoms with Gasteiger partial charge in [-0.05, 0) is 37.3 Å². The van der Waals surface area contributed by atoms with Gasteiger partial charge in [0.15, 0.2) is 5.69 Å². The van der Waals surface area contributed by atoms with Crippen LogP contribution < -0.4 is 10.9 Å². The van der Waals surface area contributed by atoms with Crippen molar-refractivity contribution in [2.45, 2.75) is 6.92 Å². The summed E-state index contributed by atoms with van der Waals surface area (Å²) in [6, 6.07) is 11.8. The number of nitrogens with zero attached hydrogens (tertiary/aromatic N) is 2. The number of aromatic nitrogens is 2. The predicted molar refractivity (Wildman–Crippen MR) is 106 cm³/mol. The summed E-state index contributed by atoms with van der Waals surface area (Å²) in [5.74, 6) is -0.467. The lowest BCUT2D eigenvalue weighted by atomic mass is 10.3. The average molecular weight is 430 g/mol. The standard InChI is InChI=1S/C17H12Cl4N4O/c1-9-8-14(24-25(9)16-12(20)6-3-7-13(16)21)17(26)23-22-15-10(18)4-2-5-11(15)19/h2-8,22H,1H3,(H,23,26). The number of amides is 1. The summed E-state index contributed by atoms with van der Waals surface area (Å²) in [6.45, 7) is 1.79. The van der Waals surface area contributed by atoms with E-state index in [-0.39, 0.29) is 5.69 Å². The molecule has 5 nitrogen and oxygen atoms in total. The van der Waals surface area contributed by atoms with Crippen molar-refractivity contribution in [3.8, 4) is 5.69 Å². The summed E-state index contributed by atoms with van der Waals surface area (Å²) in [5, 5.41) is 5.90. The van der Waals surface area contributed by atoms with Gasteiger partial charge in [0.05, 0.1) is 25.8 Å². The summed E-state index contributed by atoms with van der Waals surface area (Å²) < 4.78 is 1.52. The van der Waals surface area contributed by atoms with Gasteiger partial charge in [-0.3, -0.25) is 15.6 Å². The molecule has 9 heteroatoms. The molecule has 3 rings (SSSR count). The van der Waals surface area contributed by atoms with Gasteiger partial charge in [-0.15, -0.1) is 0 Å². The molecule has 3 aromatic rings. The number of anilines is 1. The average Bonchev–Trinajstić information content (AvgIpc) is 2.96. The van der Waals surface area contributed by atoms with Crippen molar-refractivity contribution in [1.82, 2.24) is 15.2 Å². The number of hydrazine groups is 1. The Labute approximate surface area is 169 Å². The topological polar surface area (TPSA) is 59.0 Å². The predicted octanol–water partition coefficient (Wildman–Crippen LogP) is 5.55. The van der Waals surface area contributed by atoms with Crippen LogP contribution in [-0.2, 0) is 0 Å². The maximum atomic E-state index is 12.4. The zero-order valence-electron chi connectivity index (χ0n) is 13.4. The molecule has 0 unspecified atom stereocenters. The number of para-hydroxylation sites is 2. The SMILES string of the molecule is Cc1cc(C(=O)NNc2c(Cl)cccc2Cl)nn1-c1c(Cl)cccc1Cl. The van der Waals surface area contributed by atoms with Gasteiger partial charge in [0, 0.05) is 5.69 Å². The van der Waals surface area contributed by atoms with Crippen molar-refractivity contribution in [1.29, 1.82) is 0 Å². The highest BCUT2D eigenvalue weighted by Crippen LogP contribution is 2.30. The molecule has 0 spiro atoms. The molecule has 1 amide bonds. The van der Waals surface area contributed by atoms with E-state index in [4.69, 9.17) is 46.4 Å². The van der Waals surface area contributed by atoms with E-state index in [2.05, 4.69) is 16.0 Å². The Balaban J connectivity index is 1.84. The van der Waals surface area contributed by atoms with Crippen molar-refractivity contribution < 1.29 is 4.79 Å². The Morgan fingerprint density at radius 3 is 2.08 bits per heavy atom. The Morgan fingerprint density at radius 1 is 0.962 bits per heavy atom. The summed E-state index contributed by atoms with van der Waals surface area (Å²) >= 11 is 24.5. The minimum absolute atomic E-state index is 0.175. The fraction of sp³-hybridized carbons (Fsp3) is 0.0588. The summed E-state index contributed by atoms with van der Waals surface area (Å²) in [5.41, 5.74) is 7.00. The zero-order valence-corrected chi connectivity index (χ0v) is 16.4. The molecule has 0 fully saturated rings. The number of carbonyl (C=O) groups excluding carboxylic acids is 1. The Bertz CT molecular complexity index is 946. The second-order valence-corrected chi connectivity index (χ2v) is 6.96. The van der Waals surface area contributed by atoms with Gasteiger partial charge < -0.3 is 0 Å². The van der Waals surface area contributed by atoms with Crippen molar-refractivity contribution >= 4 is 58.0 Å². The molecule has 0 atom stereocenters. The summed E-state index contributed by atoms with van der Waals surface area (Å²) in [7, 11) is 0. The van der Waals surface area contributed by atoms with Crippen LogP contribution in [0.2, 0.25) is 20.1 Å². The molecule has 0 saturated heterocycles. The molecule has 0 aliphatic carbocycles. The van der Waals surface area contributed by atoms with E-state index < -0.39 is 5.91 Å². The van der Waals surface area contributed by atoms with Crippen molar-refractivity contribution in [2.24, 2.45) is 0 Å². The molecule has 2 N–H and O–H groups in total. The minimum Gasteiger partial charge on any atom is -0.295 e. The van der Waals surface area contributed by atoms with E-state index in [9.17, 15) is 4.79 Å². The highest BCUT2D eigenvalue weighted by atomic mass is 35.5. The van der Waals surface area contributed by atoms with Crippen LogP contribution in [0.5, 0.6) is 0 Å². The number of carbonyl (C=O) groups is 1. The fourth-order valence-corrected chi connectivity index (χ4v) is 3.35. The monoisotopic (exact) mass is 428 g/mol. The molecular formula is C17H12Cl4N4O. The van der Waals surface area contributed by atoms with Crippen LogP contribution in [0, 0.1) is 6.92 Å². The number of aryl methyl sites for hydroxylation is 1. The van der Waals surface area contributed by atoms with E-state index in [1.54, 1.807) is 49.4 Å². The second kappa shape index (κ2) is 7.76. The third-order valence-corrected chi connectivity index (χ3v) is 4.77. The summed E-state index contributed by atoms with van der Waals surface area (Å²) in [6.07, 6.45) is 0. The molecule has 134 valence electrons. The van der Waals surface area contributed by atoms with Crippen molar-refractivity contribution in [2.75, 3.05) is 5.43 Å². The van der Waals surface area contributed by atoms with Gasteiger partial charge in [-0.1, -0.05) is 58.5 Å². The number of benzene rings is 2. The van der Waals surface area contributed by atoms with Crippen molar-refractivity contribution in [3.05, 3.63) is 73.9 Å². The molecule has 0 aliphatic rings. The van der Waals surface area contributed by atoms with Gasteiger partial charge in [-0.2, -0.15) is 5.10 Å². The van der Waals surface area contributed by atoms with Crippen LogP contribution in [0.25, 0.3) is 5.69 Å². The number of halogens is 4. The minimum atomic E-state index is -0.467. The normalized spacial score (nSPS) is 10.7. The van der Waals surface area contributed by atoms with Gasteiger partial charge in [-0.25, -0.2) is 4.68 Å². The van der Waals surface area contributed by atoms with Crippen LogP contribution in [0.3, 0.4) is 0 Å². The first kappa shape index (κ1) is 18.9. The van der Waals surface area contributed by atoms with Gasteiger partial charge in [0.1, 0.15) is 5.69 Å². The van der Waals surface area contributed by atoms with E-state index in [1.807, 2.05) is 0 Å². The molecular weight excluding hydrogens is 418 g/mol. The molecule has 0 saturated carbocycles. The molecule has 2 aromatic carbocycles. The first-order valence-corrected chi connectivity index (χ1v) is 8.91. The largest absolute Gasteiger partial charge is 0.295 e. The lowest BCUT2D eigenvalue weighted by Gasteiger charge is -2.10. The lowest BCUT2D eigenvalue weighted by molar-refractivity contribution is 0.0957. The first-order valence-electron chi connectivity index (χ1n) is 7.40. The number of rotatable bonds is 4. The molecule has 0 bridgehead atoms. The van der Waals surface area contributed by atoms with Crippen LogP contribution in [0.15, 0.2) is 42.5 Å². The van der Waals surface area contributed by atoms with Crippen molar-refractivity contribution in [3.63, 3.8) is 0 Å². The quantitative estimate of drug-likeness (QED) is 0.534. The maximum Gasteiger partial charge on any atom is 0.290 e. The first-order chi connectivity index (χ1) is 12.4. The molecule has 1 heterocycles. The van der Waals surface area contributed by atoms with Crippen LogP contribution in [0.1, 0.15) is 16.2 Å². The van der Waals surface area contributed by atoms with Crippen LogP contribution in [0.4, 0.5) is 5.69 Å². The van der Waals surface area contributed by atoms with E-state index >= 15 is 0 Å². The maximum absolute atomic E-state index is 12.4. The van der Waals surface area contributed by atoms with Gasteiger partial charge >= 0.3 is 0 Å². The van der Waals surface area contributed by atoms with E-state index in [1.165, 1.54) is 4.68 Å². The smallest absolute Gasteiger partial charge is 0.290 e. The molecule has 26 heavy (non-hydrogen) atoms. The third kappa shape index (κ3) is 3.76. The number of nitrogens with one attached hydrogen (secondary N) is 2. The highest BCUT2D eigenvalue weighted by molar-refractivity contribution is 6.39. The highest BCUT2D eigenvalue weighted by Gasteiger charge is 2.17. The van der Waals surface area contributed by atoms with E-state index in [0.29, 0.717) is 37.2 Å². The molecule has 0 radical (unpaired) electrons. The second-order valence-electron chi connectivity index (χ2n) is 5.33. The fourth-order valence-electron chi connectivity index (χ4n) is 2.30. The lowest BCUT2D eigenvalue weighted by Crippen LogP contribution is -2.30. The van der Waals surface area contributed by atoms with Gasteiger partial charge in [0.2, 0.25) is 0 Å². The summed E-state index contributed by atoms with van der Waals surface area (Å²) in [4.78, 5) is 12.4. The third-order valence-electron chi connectivity index (χ3n) is 3.53. The van der Waals surface area contributed by atoms with Crippen LogP contribution >= 0.6 is 46.4 Å². The Hall–Kier alpha value is -1.92. The Morgan fingerprint density at radius 2 is 1.50 bits per heavy atom. The number of hydrogen-bond acceptors (Lipinski definition) is 3. The number of hydrogen-bond donors (Lipinski definition) is 2. The zero-order chi connectivity index (χ0) is 18.8. The Kier molecular flexibility index (Phi) is 5.63. The van der Waals surface area contributed by atoms with Gasteiger partial charge in [0.25, 0.3) is 5.91 Å². The molecule has 1 aromatic heterocycles. The van der Waals surface area contributed by atoms with E-state index in [0.717, 1.165) is 0 Å².